The quantitative estimate of drug-likeness (QED) is 0.374. The normalized spacial score (nSPS) is 15.5. The number of nitrogens with one attached hydrogen (secondary N) is 1. The zero-order valence-electron chi connectivity index (χ0n) is 18.2. The average Bonchev–Trinajstić information content (AvgIpc) is 2.78. The molecule has 0 unspecified atom stereocenters. The molecule has 9 nitrogen and oxygen atoms in total. The zero-order chi connectivity index (χ0) is 22.7. The van der Waals surface area contributed by atoms with E-state index in [4.69, 9.17) is 14.2 Å². The van der Waals surface area contributed by atoms with Gasteiger partial charge in [-0.25, -0.2) is 13.2 Å². The van der Waals surface area contributed by atoms with Crippen LogP contribution in [-0.2, 0) is 29.0 Å². The summed E-state index contributed by atoms with van der Waals surface area (Å²) in [5.41, 5.74) is 0.306. The molecule has 0 radical (unpaired) electrons. The minimum absolute atomic E-state index is 0.0484. The molecule has 10 heteroatoms. The summed E-state index contributed by atoms with van der Waals surface area (Å²) < 4.78 is 42.3. The molecule has 31 heavy (non-hydrogen) atoms. The van der Waals surface area contributed by atoms with Crippen LogP contribution in [0.5, 0.6) is 0 Å². The molecule has 2 rings (SSSR count). The molecule has 1 fully saturated rings. The van der Waals surface area contributed by atoms with Crippen molar-refractivity contribution >= 4 is 21.9 Å². The van der Waals surface area contributed by atoms with E-state index in [2.05, 4.69) is 5.32 Å². The number of hydrogen-bond donors (Lipinski definition) is 1. The van der Waals surface area contributed by atoms with Crippen molar-refractivity contribution in [3.8, 4) is 0 Å². The monoisotopic (exact) mass is 456 g/mol. The third-order valence-corrected chi connectivity index (χ3v) is 6.94. The zero-order valence-corrected chi connectivity index (χ0v) is 19.0. The number of ether oxygens (including phenoxy) is 3. The fraction of sp³-hybridized carbons (Fsp3) is 0.619. The Bertz CT molecular complexity index is 804. The van der Waals surface area contributed by atoms with E-state index in [-0.39, 0.29) is 36.4 Å². The minimum atomic E-state index is -3.68. The first-order valence-electron chi connectivity index (χ1n) is 10.5. The number of hydrogen-bond acceptors (Lipinski definition) is 7. The molecule has 1 N–H and O–H groups in total. The third-order valence-electron chi connectivity index (χ3n) is 5.02. The molecule has 1 aliphatic heterocycles. The summed E-state index contributed by atoms with van der Waals surface area (Å²) in [6.45, 7) is 4.67. The lowest BCUT2D eigenvalue weighted by Crippen LogP contribution is -2.43. The van der Waals surface area contributed by atoms with Crippen molar-refractivity contribution in [2.24, 2.45) is 5.92 Å². The molecule has 0 spiro atoms. The molecular weight excluding hydrogens is 424 g/mol. The molecule has 0 atom stereocenters. The van der Waals surface area contributed by atoms with Crippen molar-refractivity contribution in [1.29, 1.82) is 0 Å². The lowest BCUT2D eigenvalue weighted by atomic mass is 9.97. The maximum Gasteiger partial charge on any atom is 0.338 e. The van der Waals surface area contributed by atoms with Crippen molar-refractivity contribution in [1.82, 2.24) is 9.62 Å². The van der Waals surface area contributed by atoms with Crippen LogP contribution in [0.3, 0.4) is 0 Å². The summed E-state index contributed by atoms with van der Waals surface area (Å²) >= 11 is 0. The van der Waals surface area contributed by atoms with Gasteiger partial charge in [-0.2, -0.15) is 4.31 Å². The Morgan fingerprint density at radius 1 is 1.10 bits per heavy atom. The fourth-order valence-corrected chi connectivity index (χ4v) is 4.73. The van der Waals surface area contributed by atoms with E-state index in [1.807, 2.05) is 0 Å². The molecule has 1 saturated heterocycles. The number of carbonyl (C=O) groups excluding carboxylic acids is 2. The van der Waals surface area contributed by atoms with Gasteiger partial charge in [-0.15, -0.1) is 0 Å². The molecule has 1 aromatic rings. The van der Waals surface area contributed by atoms with Crippen LogP contribution in [0.25, 0.3) is 0 Å². The molecule has 0 bridgehead atoms. The average molecular weight is 457 g/mol. The highest BCUT2D eigenvalue weighted by molar-refractivity contribution is 7.89. The first-order valence-corrected chi connectivity index (χ1v) is 12.0. The Kier molecular flexibility index (Phi) is 10.4. The topological polar surface area (TPSA) is 111 Å². The van der Waals surface area contributed by atoms with Crippen LogP contribution in [0.1, 0.15) is 36.5 Å². The van der Waals surface area contributed by atoms with E-state index in [0.717, 1.165) is 0 Å². The summed E-state index contributed by atoms with van der Waals surface area (Å²) in [5.74, 6) is -0.736. The van der Waals surface area contributed by atoms with Gasteiger partial charge in [0.15, 0.2) is 0 Å². The number of esters is 1. The predicted octanol–water partition coefficient (Wildman–Crippen LogP) is 1.43. The fourth-order valence-electron chi connectivity index (χ4n) is 3.26. The summed E-state index contributed by atoms with van der Waals surface area (Å²) in [6, 6.07) is 5.72. The number of nitrogens with zero attached hydrogens (tertiary/aromatic N) is 1. The van der Waals surface area contributed by atoms with E-state index in [1.54, 1.807) is 14.0 Å². The molecule has 0 aromatic heterocycles. The van der Waals surface area contributed by atoms with Gasteiger partial charge in [0.2, 0.25) is 15.9 Å². The number of carbonyl (C=O) groups is 2. The molecular formula is C21H32N2O7S. The third kappa shape index (κ3) is 7.57. The Hall–Kier alpha value is -2.01. The highest BCUT2D eigenvalue weighted by atomic mass is 32.2. The van der Waals surface area contributed by atoms with E-state index in [9.17, 15) is 18.0 Å². The van der Waals surface area contributed by atoms with Crippen LogP contribution >= 0.6 is 0 Å². The first-order chi connectivity index (χ1) is 14.9. The van der Waals surface area contributed by atoms with E-state index in [0.29, 0.717) is 51.2 Å². The minimum Gasteiger partial charge on any atom is -0.462 e. The van der Waals surface area contributed by atoms with E-state index >= 15 is 0 Å². The van der Waals surface area contributed by atoms with Crippen LogP contribution in [0.2, 0.25) is 0 Å². The van der Waals surface area contributed by atoms with Crippen LogP contribution in [0, 0.1) is 5.92 Å². The number of sulfonamides is 1. The predicted molar refractivity (Wildman–Crippen MR) is 114 cm³/mol. The van der Waals surface area contributed by atoms with Crippen LogP contribution < -0.4 is 5.32 Å². The SMILES string of the molecule is CCOC(=O)c1ccc(S(=O)(=O)N2CCC(C(=O)NCCCOCCOC)CC2)cc1. The van der Waals surface area contributed by atoms with Gasteiger partial charge in [0, 0.05) is 39.3 Å². The van der Waals surface area contributed by atoms with Crippen molar-refractivity contribution < 1.29 is 32.2 Å². The second-order valence-corrected chi connectivity index (χ2v) is 9.11. The van der Waals surface area contributed by atoms with Gasteiger partial charge in [0.05, 0.1) is 30.3 Å². The standard InChI is InChI=1S/C21H32N2O7S/c1-3-30-21(25)18-5-7-19(8-6-18)31(26,27)23-12-9-17(10-13-23)20(24)22-11-4-14-29-16-15-28-2/h5-8,17H,3-4,9-16H2,1-2H3,(H,22,24). The number of methoxy groups -OCH3 is 1. The molecule has 1 aliphatic rings. The summed E-state index contributed by atoms with van der Waals surface area (Å²) in [6.07, 6.45) is 1.65. The second-order valence-electron chi connectivity index (χ2n) is 7.17. The molecule has 1 aromatic carbocycles. The van der Waals surface area contributed by atoms with Gasteiger partial charge in [-0.05, 0) is 50.5 Å². The number of rotatable bonds is 12. The van der Waals surface area contributed by atoms with Crippen LogP contribution in [0.4, 0.5) is 0 Å². The van der Waals surface area contributed by atoms with Gasteiger partial charge in [-0.1, -0.05) is 0 Å². The molecule has 1 heterocycles. The van der Waals surface area contributed by atoms with Crippen molar-refractivity contribution in [2.45, 2.75) is 31.1 Å². The van der Waals surface area contributed by atoms with E-state index in [1.165, 1.54) is 28.6 Å². The van der Waals surface area contributed by atoms with Crippen molar-refractivity contribution in [3.05, 3.63) is 29.8 Å². The molecule has 1 amide bonds. The van der Waals surface area contributed by atoms with Gasteiger partial charge in [0.1, 0.15) is 0 Å². The van der Waals surface area contributed by atoms with Crippen molar-refractivity contribution in [2.75, 3.05) is 53.2 Å². The van der Waals surface area contributed by atoms with Gasteiger partial charge < -0.3 is 19.5 Å². The highest BCUT2D eigenvalue weighted by Crippen LogP contribution is 2.24. The van der Waals surface area contributed by atoms with Crippen LogP contribution in [0.15, 0.2) is 29.2 Å². The number of benzene rings is 1. The molecule has 0 aliphatic carbocycles. The first kappa shape index (κ1) is 25.3. The number of piperidine rings is 1. The lowest BCUT2D eigenvalue weighted by molar-refractivity contribution is -0.126. The van der Waals surface area contributed by atoms with Crippen LogP contribution in [-0.4, -0.2) is 77.8 Å². The smallest absolute Gasteiger partial charge is 0.338 e. The molecule has 0 saturated carbocycles. The summed E-state index contributed by atoms with van der Waals surface area (Å²) in [4.78, 5) is 24.2. The Morgan fingerprint density at radius 3 is 2.39 bits per heavy atom. The second kappa shape index (κ2) is 12.7. The maximum atomic E-state index is 12.9. The maximum absolute atomic E-state index is 12.9. The van der Waals surface area contributed by atoms with Gasteiger partial charge in [-0.3, -0.25) is 4.79 Å². The Labute approximate surface area is 184 Å². The van der Waals surface area contributed by atoms with Gasteiger partial charge in [0.25, 0.3) is 0 Å². The van der Waals surface area contributed by atoms with Gasteiger partial charge >= 0.3 is 5.97 Å². The summed E-state index contributed by atoms with van der Waals surface area (Å²) in [5, 5.41) is 2.89. The Morgan fingerprint density at radius 2 is 1.77 bits per heavy atom. The number of amides is 1. The Balaban J connectivity index is 1.79. The molecule has 174 valence electrons. The van der Waals surface area contributed by atoms with E-state index < -0.39 is 16.0 Å². The van der Waals surface area contributed by atoms with Crippen molar-refractivity contribution in [3.63, 3.8) is 0 Å². The summed E-state index contributed by atoms with van der Waals surface area (Å²) in [7, 11) is -2.06. The lowest BCUT2D eigenvalue weighted by Gasteiger charge is -2.30. The highest BCUT2D eigenvalue weighted by Gasteiger charge is 2.32. The largest absolute Gasteiger partial charge is 0.462 e.